The standard InChI is InChI=1S/C45H29N5/c1-2-14-30(15-3-1)31-26-28-32(29-27-31)43-46-44(48-45(47-43)50-40-23-11-6-18-35(40)36-19-7-12-24-41(36)50)37-20-8-13-25-42(37)49-38-21-9-4-16-33(38)34-17-5-10-22-39(34)49/h1-29H/i1D,2D,3D,6D,7D,11D,12D,14D,15D,18D,19D,23D,24D,26D,27D,28D,29D. The third-order valence-corrected chi connectivity index (χ3v) is 8.42. The summed E-state index contributed by atoms with van der Waals surface area (Å²) in [6.45, 7) is 0. The molecule has 3 aromatic heterocycles. The van der Waals surface area contributed by atoms with Gasteiger partial charge in [0.05, 0.1) is 51.1 Å². The molecule has 0 atom stereocenters. The van der Waals surface area contributed by atoms with E-state index in [2.05, 4.69) is 4.98 Å². The summed E-state index contributed by atoms with van der Waals surface area (Å²) in [7, 11) is 0. The molecular formula is C45H29N5. The van der Waals surface area contributed by atoms with Gasteiger partial charge in [0.25, 0.3) is 0 Å². The molecule has 50 heavy (non-hydrogen) atoms. The SMILES string of the molecule is [2H]c1c([2H])c([2H])c(-c2c([2H])c([2H])c(-c3nc(-c4ccccc4-n4c5ccccc5c5ccccc54)nc(-n4c5c([2H])c([2H])c([2H])c([2H])c5c5c([2H])c([2H])c([2H])c([2H])c54)n3)c([2H])c2[2H])c([2H])c1[2H]. The summed E-state index contributed by atoms with van der Waals surface area (Å²) in [6, 6.07) is 10.1. The van der Waals surface area contributed by atoms with E-state index in [1.54, 1.807) is 24.3 Å². The molecule has 0 aliphatic carbocycles. The normalized spacial score (nSPS) is 16.4. The predicted molar refractivity (Wildman–Crippen MR) is 205 cm³/mol. The smallest absolute Gasteiger partial charge is 0.238 e. The minimum absolute atomic E-state index is 0.166. The fourth-order valence-electron chi connectivity index (χ4n) is 6.28. The number of fused-ring (bicyclic) bond motifs is 6. The highest BCUT2D eigenvalue weighted by atomic mass is 15.2. The summed E-state index contributed by atoms with van der Waals surface area (Å²) in [5.74, 6) is -1.17. The topological polar surface area (TPSA) is 48.5 Å². The zero-order valence-electron chi connectivity index (χ0n) is 42.7. The van der Waals surface area contributed by atoms with Gasteiger partial charge < -0.3 is 4.57 Å². The monoisotopic (exact) mass is 656 g/mol. The Labute approximate surface area is 312 Å². The summed E-state index contributed by atoms with van der Waals surface area (Å²) < 4.78 is 152. The molecule has 0 fully saturated rings. The predicted octanol–water partition coefficient (Wildman–Crippen LogP) is 11.1. The molecule has 0 aliphatic heterocycles. The molecule has 0 N–H and O–H groups in total. The number of nitrogens with zero attached hydrogens (tertiary/aromatic N) is 5. The second-order valence-corrected chi connectivity index (χ2v) is 11.2. The van der Waals surface area contributed by atoms with Crippen LogP contribution in [-0.4, -0.2) is 24.1 Å². The van der Waals surface area contributed by atoms with E-state index in [1.807, 2.05) is 53.1 Å². The molecule has 0 radical (unpaired) electrons. The van der Waals surface area contributed by atoms with Crippen molar-refractivity contribution in [3.8, 4) is 45.5 Å². The van der Waals surface area contributed by atoms with Gasteiger partial charge in [0.1, 0.15) is 0 Å². The summed E-state index contributed by atoms with van der Waals surface area (Å²) >= 11 is 0. The van der Waals surface area contributed by atoms with E-state index in [1.165, 1.54) is 0 Å². The first-order valence-electron chi connectivity index (χ1n) is 23.9. The van der Waals surface area contributed by atoms with Gasteiger partial charge in [0, 0.05) is 32.7 Å². The van der Waals surface area contributed by atoms with Gasteiger partial charge in [-0.2, -0.15) is 9.97 Å². The van der Waals surface area contributed by atoms with Crippen LogP contribution in [0.2, 0.25) is 0 Å². The molecule has 5 heteroatoms. The van der Waals surface area contributed by atoms with Crippen LogP contribution >= 0.6 is 0 Å². The van der Waals surface area contributed by atoms with Crippen molar-refractivity contribution in [2.24, 2.45) is 0 Å². The second kappa shape index (κ2) is 11.4. The summed E-state index contributed by atoms with van der Waals surface area (Å²) in [5.41, 5.74) is 0.0719. The molecule has 0 saturated carbocycles. The number of aromatic nitrogens is 5. The second-order valence-electron chi connectivity index (χ2n) is 11.2. The first-order valence-corrected chi connectivity index (χ1v) is 15.4. The first-order chi connectivity index (χ1) is 31.9. The summed E-state index contributed by atoms with van der Waals surface area (Å²) in [4.78, 5) is 14.3. The fourth-order valence-corrected chi connectivity index (χ4v) is 6.28. The molecule has 10 rings (SSSR count). The molecule has 0 amide bonds. The molecule has 0 saturated heterocycles. The lowest BCUT2D eigenvalue weighted by molar-refractivity contribution is 0.951. The van der Waals surface area contributed by atoms with Crippen molar-refractivity contribution in [2.45, 2.75) is 0 Å². The Hall–Kier alpha value is -6.85. The Kier molecular flexibility index (Phi) is 3.65. The number of para-hydroxylation sites is 5. The van der Waals surface area contributed by atoms with Crippen LogP contribution in [0.15, 0.2) is 176 Å². The van der Waals surface area contributed by atoms with Crippen molar-refractivity contribution in [2.75, 3.05) is 0 Å². The maximum absolute atomic E-state index is 9.34. The van der Waals surface area contributed by atoms with Gasteiger partial charge >= 0.3 is 0 Å². The molecule has 0 bridgehead atoms. The summed E-state index contributed by atoms with van der Waals surface area (Å²) in [6.07, 6.45) is 0. The van der Waals surface area contributed by atoms with Crippen LogP contribution in [0, 0.1) is 0 Å². The zero-order valence-corrected chi connectivity index (χ0v) is 25.7. The number of benzene rings is 7. The molecular weight excluding hydrogens is 611 g/mol. The highest BCUT2D eigenvalue weighted by Crippen LogP contribution is 2.37. The molecule has 0 spiro atoms. The zero-order chi connectivity index (χ0) is 47.8. The quantitative estimate of drug-likeness (QED) is 0.185. The van der Waals surface area contributed by atoms with Gasteiger partial charge in [-0.3, -0.25) is 4.57 Å². The number of hydrogen-bond donors (Lipinski definition) is 0. The van der Waals surface area contributed by atoms with Crippen molar-refractivity contribution in [3.63, 3.8) is 0 Å². The third kappa shape index (κ3) is 4.45. The lowest BCUT2D eigenvalue weighted by atomic mass is 10.0. The van der Waals surface area contributed by atoms with E-state index in [0.717, 1.165) is 26.4 Å². The van der Waals surface area contributed by atoms with E-state index in [0.29, 0.717) is 11.3 Å². The molecule has 3 heterocycles. The van der Waals surface area contributed by atoms with E-state index in [4.69, 9.17) is 27.8 Å². The van der Waals surface area contributed by atoms with Gasteiger partial charge in [-0.05, 0) is 47.5 Å². The van der Waals surface area contributed by atoms with Gasteiger partial charge in [0.2, 0.25) is 5.95 Å². The Bertz CT molecular complexity index is 3670. The van der Waals surface area contributed by atoms with E-state index in [9.17, 15) is 5.48 Å². The molecule has 7 aromatic carbocycles. The lowest BCUT2D eigenvalue weighted by Crippen LogP contribution is -2.07. The van der Waals surface area contributed by atoms with Crippen LogP contribution in [-0.2, 0) is 0 Å². The van der Waals surface area contributed by atoms with Gasteiger partial charge in [-0.15, -0.1) is 0 Å². The van der Waals surface area contributed by atoms with Crippen molar-refractivity contribution < 1.29 is 23.3 Å². The third-order valence-electron chi connectivity index (χ3n) is 8.42. The highest BCUT2D eigenvalue weighted by Gasteiger charge is 2.21. The average Bonchev–Trinajstić information content (AvgIpc) is 3.87. The molecule has 0 unspecified atom stereocenters. The Balaban J connectivity index is 1.37. The number of hydrogen-bond acceptors (Lipinski definition) is 3. The first kappa shape index (κ1) is 16.0. The minimum atomic E-state index is -0.802. The molecule has 234 valence electrons. The largest absolute Gasteiger partial charge is 0.309 e. The molecule has 0 aliphatic rings. The van der Waals surface area contributed by atoms with Gasteiger partial charge in [0.15, 0.2) is 11.6 Å². The van der Waals surface area contributed by atoms with Crippen LogP contribution < -0.4 is 0 Å². The molecule has 10 aromatic rings. The Morgan fingerprint density at radius 2 is 0.900 bits per heavy atom. The van der Waals surface area contributed by atoms with Crippen molar-refractivity contribution >= 4 is 43.6 Å². The van der Waals surface area contributed by atoms with E-state index >= 15 is 0 Å². The van der Waals surface area contributed by atoms with Crippen LogP contribution in [0.3, 0.4) is 0 Å². The van der Waals surface area contributed by atoms with E-state index in [-0.39, 0.29) is 27.6 Å². The fraction of sp³-hybridized carbons (Fsp3) is 0. The van der Waals surface area contributed by atoms with Crippen LogP contribution in [0.5, 0.6) is 0 Å². The van der Waals surface area contributed by atoms with Crippen molar-refractivity contribution in [1.82, 2.24) is 24.1 Å². The van der Waals surface area contributed by atoms with Crippen LogP contribution in [0.1, 0.15) is 23.3 Å². The van der Waals surface area contributed by atoms with Gasteiger partial charge in [-0.25, -0.2) is 4.98 Å². The number of rotatable bonds is 5. The van der Waals surface area contributed by atoms with Crippen molar-refractivity contribution in [1.29, 1.82) is 0 Å². The Morgan fingerprint density at radius 3 is 1.58 bits per heavy atom. The maximum Gasteiger partial charge on any atom is 0.238 e. The molecule has 5 nitrogen and oxygen atoms in total. The Morgan fingerprint density at radius 1 is 0.380 bits per heavy atom. The van der Waals surface area contributed by atoms with Crippen molar-refractivity contribution in [3.05, 3.63) is 176 Å². The van der Waals surface area contributed by atoms with Crippen LogP contribution in [0.25, 0.3) is 89.2 Å². The maximum atomic E-state index is 9.34. The van der Waals surface area contributed by atoms with Crippen LogP contribution in [0.4, 0.5) is 0 Å². The lowest BCUT2D eigenvalue weighted by Gasteiger charge is -2.15. The summed E-state index contributed by atoms with van der Waals surface area (Å²) in [5, 5.41) is 1.30. The van der Waals surface area contributed by atoms with Gasteiger partial charge in [-0.1, -0.05) is 139 Å². The minimum Gasteiger partial charge on any atom is -0.309 e. The highest BCUT2D eigenvalue weighted by molar-refractivity contribution is 6.10. The average molecular weight is 657 g/mol. The van der Waals surface area contributed by atoms with E-state index < -0.39 is 131 Å².